The summed E-state index contributed by atoms with van der Waals surface area (Å²) in [6.07, 6.45) is 0. The van der Waals surface area contributed by atoms with E-state index in [1.165, 1.54) is 14.0 Å². The Labute approximate surface area is 162 Å². The van der Waals surface area contributed by atoms with E-state index in [9.17, 15) is 14.4 Å². The second-order valence-corrected chi connectivity index (χ2v) is 6.38. The van der Waals surface area contributed by atoms with Gasteiger partial charge in [-0.25, -0.2) is 4.79 Å². The molecule has 0 saturated heterocycles. The smallest absolute Gasteiger partial charge is 0.344 e. The zero-order chi connectivity index (χ0) is 20.8. The van der Waals surface area contributed by atoms with Crippen molar-refractivity contribution >= 4 is 29.2 Å². The summed E-state index contributed by atoms with van der Waals surface area (Å²) in [6, 6.07) is 4.78. The highest BCUT2D eigenvalue weighted by Gasteiger charge is 2.24. The van der Waals surface area contributed by atoms with Gasteiger partial charge in [0.15, 0.2) is 12.4 Å². The fourth-order valence-electron chi connectivity index (χ4n) is 2.51. The Morgan fingerprint density at radius 2 is 1.93 bits per heavy atom. The Balaban J connectivity index is 2.05. The number of anilines is 2. The van der Waals surface area contributed by atoms with Crippen molar-refractivity contribution in [1.82, 2.24) is 5.16 Å². The van der Waals surface area contributed by atoms with E-state index in [0.717, 1.165) is 0 Å². The number of hydrogen-bond donors (Lipinski definition) is 2. The van der Waals surface area contributed by atoms with Crippen LogP contribution in [-0.4, -0.2) is 36.7 Å². The maximum Gasteiger partial charge on any atom is 0.344 e. The quantitative estimate of drug-likeness (QED) is 0.699. The first kappa shape index (κ1) is 20.9. The molecule has 0 radical (unpaired) electrons. The Bertz CT molecular complexity index is 888. The molecule has 0 aliphatic heterocycles. The molecule has 2 N–H and O–H groups in total. The number of aryl methyl sites for hydroxylation is 1. The van der Waals surface area contributed by atoms with Crippen molar-refractivity contribution in [3.63, 3.8) is 0 Å². The van der Waals surface area contributed by atoms with E-state index < -0.39 is 18.5 Å². The van der Waals surface area contributed by atoms with Crippen molar-refractivity contribution in [2.75, 3.05) is 24.4 Å². The molecule has 0 spiro atoms. The van der Waals surface area contributed by atoms with Crippen molar-refractivity contribution < 1.29 is 28.4 Å². The molecule has 1 aromatic carbocycles. The number of benzene rings is 1. The maximum absolute atomic E-state index is 12.3. The van der Waals surface area contributed by atoms with Gasteiger partial charge in [-0.2, -0.15) is 0 Å². The van der Waals surface area contributed by atoms with Gasteiger partial charge in [-0.3, -0.25) is 9.59 Å². The average molecular weight is 389 g/mol. The third-order valence-electron chi connectivity index (χ3n) is 3.75. The normalized spacial score (nSPS) is 10.5. The highest BCUT2D eigenvalue weighted by molar-refractivity contribution is 5.98. The molecule has 1 aromatic heterocycles. The fourth-order valence-corrected chi connectivity index (χ4v) is 2.51. The lowest BCUT2D eigenvalue weighted by molar-refractivity contribution is -0.119. The third-order valence-corrected chi connectivity index (χ3v) is 3.75. The van der Waals surface area contributed by atoms with Crippen molar-refractivity contribution in [3.05, 3.63) is 35.2 Å². The van der Waals surface area contributed by atoms with Crippen LogP contribution in [0.25, 0.3) is 0 Å². The number of esters is 1. The molecule has 0 saturated carbocycles. The van der Waals surface area contributed by atoms with Gasteiger partial charge in [0.1, 0.15) is 11.3 Å². The number of ether oxygens (including phenoxy) is 2. The van der Waals surface area contributed by atoms with Crippen LogP contribution >= 0.6 is 0 Å². The van der Waals surface area contributed by atoms with E-state index in [-0.39, 0.29) is 17.4 Å². The number of amides is 2. The van der Waals surface area contributed by atoms with Crippen LogP contribution in [-0.2, 0) is 14.3 Å². The summed E-state index contributed by atoms with van der Waals surface area (Å²) in [5, 5.41) is 8.99. The Morgan fingerprint density at radius 3 is 2.54 bits per heavy atom. The number of nitrogens with one attached hydrogen (secondary N) is 2. The molecule has 2 aromatic rings. The summed E-state index contributed by atoms with van der Waals surface area (Å²) in [7, 11) is 1.45. The van der Waals surface area contributed by atoms with Crippen molar-refractivity contribution in [3.8, 4) is 5.75 Å². The largest absolute Gasteiger partial charge is 0.495 e. The van der Waals surface area contributed by atoms with Crippen molar-refractivity contribution in [2.24, 2.45) is 0 Å². The second kappa shape index (κ2) is 9.03. The summed E-state index contributed by atoms with van der Waals surface area (Å²) in [4.78, 5) is 35.7. The Hall–Kier alpha value is -3.36. The third kappa shape index (κ3) is 5.09. The molecule has 2 rings (SSSR count). The first-order valence-corrected chi connectivity index (χ1v) is 8.61. The monoisotopic (exact) mass is 389 g/mol. The number of carbonyl (C=O) groups is 3. The van der Waals surface area contributed by atoms with Crippen molar-refractivity contribution in [2.45, 2.75) is 33.6 Å². The van der Waals surface area contributed by atoms with Gasteiger partial charge in [-0.05, 0) is 25.1 Å². The lowest BCUT2D eigenvalue weighted by atomic mass is 10.1. The maximum atomic E-state index is 12.3. The molecular formula is C19H23N3O6. The summed E-state index contributed by atoms with van der Waals surface area (Å²) in [5.41, 5.74) is 1.45. The van der Waals surface area contributed by atoms with E-state index in [2.05, 4.69) is 15.8 Å². The molecule has 2 amide bonds. The molecule has 28 heavy (non-hydrogen) atoms. The Morgan fingerprint density at radius 1 is 1.21 bits per heavy atom. The topological polar surface area (TPSA) is 120 Å². The predicted molar refractivity (Wildman–Crippen MR) is 102 cm³/mol. The van der Waals surface area contributed by atoms with E-state index in [0.29, 0.717) is 28.6 Å². The minimum atomic E-state index is -0.684. The molecule has 0 unspecified atom stereocenters. The molecule has 0 fully saturated rings. The van der Waals surface area contributed by atoms with Gasteiger partial charge < -0.3 is 24.6 Å². The van der Waals surface area contributed by atoms with Gasteiger partial charge in [0.25, 0.3) is 5.91 Å². The molecule has 9 heteroatoms. The summed E-state index contributed by atoms with van der Waals surface area (Å²) in [5.74, 6) is -0.749. The lowest BCUT2D eigenvalue weighted by Gasteiger charge is -2.12. The van der Waals surface area contributed by atoms with E-state index in [4.69, 9.17) is 14.0 Å². The first-order chi connectivity index (χ1) is 13.2. The number of methoxy groups -OCH3 is 1. The molecule has 9 nitrogen and oxygen atoms in total. The van der Waals surface area contributed by atoms with Crippen LogP contribution in [0.2, 0.25) is 0 Å². The fraction of sp³-hybridized carbons (Fsp3) is 0.368. The van der Waals surface area contributed by atoms with Gasteiger partial charge in [0.2, 0.25) is 5.91 Å². The minimum absolute atomic E-state index is 0.0571. The van der Waals surface area contributed by atoms with E-state index in [1.807, 2.05) is 13.8 Å². The minimum Gasteiger partial charge on any atom is -0.495 e. The summed E-state index contributed by atoms with van der Waals surface area (Å²) >= 11 is 0. The first-order valence-electron chi connectivity index (χ1n) is 8.61. The van der Waals surface area contributed by atoms with Gasteiger partial charge >= 0.3 is 5.97 Å². The zero-order valence-electron chi connectivity index (χ0n) is 16.4. The molecule has 1 heterocycles. The summed E-state index contributed by atoms with van der Waals surface area (Å²) in [6.45, 7) is 6.22. The standard InChI is InChI=1S/C19H23N3O6/c1-10(2)18-17(11(3)22-28-18)19(25)27-9-16(24)21-14-8-13(20-12(4)23)6-7-15(14)26-5/h6-8,10H,9H2,1-5H3,(H,20,23)(H,21,24). The number of nitrogens with zero attached hydrogens (tertiary/aromatic N) is 1. The van der Waals surface area contributed by atoms with E-state index >= 15 is 0 Å². The van der Waals surface area contributed by atoms with Crippen LogP contribution in [0.15, 0.2) is 22.7 Å². The number of hydrogen-bond acceptors (Lipinski definition) is 7. The van der Waals surface area contributed by atoms with Crippen LogP contribution in [0, 0.1) is 6.92 Å². The van der Waals surface area contributed by atoms with Crippen LogP contribution in [0.5, 0.6) is 5.75 Å². The molecule has 0 aliphatic carbocycles. The zero-order valence-corrected chi connectivity index (χ0v) is 16.4. The SMILES string of the molecule is COc1ccc(NC(C)=O)cc1NC(=O)COC(=O)c1c(C)noc1C(C)C. The molecule has 0 bridgehead atoms. The Kier molecular flexibility index (Phi) is 6.75. The average Bonchev–Trinajstić information content (AvgIpc) is 3.01. The van der Waals surface area contributed by atoms with E-state index in [1.54, 1.807) is 25.1 Å². The van der Waals surface area contributed by atoms with Gasteiger partial charge in [0.05, 0.1) is 18.5 Å². The van der Waals surface area contributed by atoms with Crippen LogP contribution in [0.3, 0.4) is 0 Å². The van der Waals surface area contributed by atoms with Crippen molar-refractivity contribution in [1.29, 1.82) is 0 Å². The number of rotatable bonds is 7. The number of aromatic nitrogens is 1. The molecule has 0 aliphatic rings. The number of carbonyl (C=O) groups excluding carboxylic acids is 3. The van der Waals surface area contributed by atoms with Crippen LogP contribution < -0.4 is 15.4 Å². The van der Waals surface area contributed by atoms with Gasteiger partial charge in [-0.15, -0.1) is 0 Å². The summed E-state index contributed by atoms with van der Waals surface area (Å²) < 4.78 is 15.4. The highest BCUT2D eigenvalue weighted by atomic mass is 16.5. The van der Waals surface area contributed by atoms with Gasteiger partial charge in [0, 0.05) is 18.5 Å². The molecule has 150 valence electrons. The van der Waals surface area contributed by atoms with Crippen LogP contribution in [0.1, 0.15) is 48.5 Å². The van der Waals surface area contributed by atoms with Crippen LogP contribution in [0.4, 0.5) is 11.4 Å². The van der Waals surface area contributed by atoms with Gasteiger partial charge in [-0.1, -0.05) is 19.0 Å². The molecule has 0 atom stereocenters. The lowest BCUT2D eigenvalue weighted by Crippen LogP contribution is -2.22. The highest BCUT2D eigenvalue weighted by Crippen LogP contribution is 2.28. The molecular weight excluding hydrogens is 366 g/mol. The predicted octanol–water partition coefficient (Wildman–Crippen LogP) is 2.87. The second-order valence-electron chi connectivity index (χ2n) is 6.38.